The summed E-state index contributed by atoms with van der Waals surface area (Å²) in [4.78, 5) is 51.7. The molecule has 1 aliphatic heterocycles. The number of furan rings is 1. The molecule has 2 heterocycles. The van der Waals surface area contributed by atoms with Gasteiger partial charge in [-0.2, -0.15) is 0 Å². The lowest BCUT2D eigenvalue weighted by Gasteiger charge is -2.56. The predicted octanol–water partition coefficient (Wildman–Crippen LogP) is 3.36. The Balaban J connectivity index is 1.73. The van der Waals surface area contributed by atoms with Gasteiger partial charge >= 0.3 is 17.9 Å². The Morgan fingerprint density at radius 3 is 2.74 bits per heavy atom. The average Bonchev–Trinajstić information content (AvgIpc) is 3.28. The van der Waals surface area contributed by atoms with Crippen LogP contribution in [0.3, 0.4) is 0 Å². The van der Waals surface area contributed by atoms with E-state index in [1.165, 1.54) is 13.4 Å². The van der Waals surface area contributed by atoms with E-state index in [-0.39, 0.29) is 29.4 Å². The van der Waals surface area contributed by atoms with Gasteiger partial charge < -0.3 is 18.6 Å². The number of methoxy groups -OCH3 is 1. The lowest BCUT2D eigenvalue weighted by molar-refractivity contribution is -0.194. The first-order valence-electron chi connectivity index (χ1n) is 11.3. The number of carbonyl (C=O) groups is 4. The van der Waals surface area contributed by atoms with E-state index < -0.39 is 47.3 Å². The van der Waals surface area contributed by atoms with Crippen molar-refractivity contribution < 1.29 is 37.8 Å². The molecule has 9 heteroatoms. The molecule has 0 amide bonds. The van der Waals surface area contributed by atoms with E-state index >= 15 is 0 Å². The zero-order valence-corrected chi connectivity index (χ0v) is 20.9. The maximum Gasteiger partial charge on any atom is 0.317 e. The molecule has 8 nitrogen and oxygen atoms in total. The molecule has 0 N–H and O–H groups in total. The molecule has 4 rings (SSSR count). The van der Waals surface area contributed by atoms with Crippen molar-refractivity contribution in [2.45, 2.75) is 51.7 Å². The smallest absolute Gasteiger partial charge is 0.317 e. The highest BCUT2D eigenvalue weighted by atomic mass is 79.9. The SMILES string of the molecule is CC#Cc1occc1[C@@H]1C[C@@H]2[C@H]3C(=O)[C@@H](OC(=O)CBr)C[C@@H](C(=O)OC)[C@]3(C)CC[C@H]2C(=O)O1. The molecule has 7 atom stereocenters. The van der Waals surface area contributed by atoms with Crippen molar-refractivity contribution in [2.75, 3.05) is 12.4 Å². The molecule has 2 saturated carbocycles. The van der Waals surface area contributed by atoms with E-state index in [0.29, 0.717) is 30.6 Å². The number of rotatable bonds is 4. The lowest BCUT2D eigenvalue weighted by atomic mass is 9.48. The van der Waals surface area contributed by atoms with Gasteiger partial charge in [-0.3, -0.25) is 19.2 Å². The number of fused-ring (bicyclic) bond motifs is 3. The van der Waals surface area contributed by atoms with Gasteiger partial charge in [0.15, 0.2) is 17.6 Å². The Morgan fingerprint density at radius 2 is 2.06 bits per heavy atom. The molecule has 0 aromatic carbocycles. The minimum atomic E-state index is -1.07. The van der Waals surface area contributed by atoms with Gasteiger partial charge in [-0.05, 0) is 49.5 Å². The van der Waals surface area contributed by atoms with Crippen LogP contribution < -0.4 is 0 Å². The Morgan fingerprint density at radius 1 is 1.29 bits per heavy atom. The van der Waals surface area contributed by atoms with E-state index in [4.69, 9.17) is 18.6 Å². The van der Waals surface area contributed by atoms with Crippen LogP contribution in [0.15, 0.2) is 16.7 Å². The molecular weight excluding hydrogens is 508 g/mol. The number of cyclic esters (lactones) is 1. The second-order valence-corrected chi connectivity index (χ2v) is 9.92. The molecule has 0 unspecified atom stereocenters. The first-order chi connectivity index (χ1) is 16.2. The van der Waals surface area contributed by atoms with Crippen LogP contribution in [-0.2, 0) is 33.4 Å². The summed E-state index contributed by atoms with van der Waals surface area (Å²) in [5.41, 5.74) is -0.0729. The van der Waals surface area contributed by atoms with Gasteiger partial charge in [0.25, 0.3) is 0 Å². The summed E-state index contributed by atoms with van der Waals surface area (Å²) in [6, 6.07) is 1.72. The summed E-state index contributed by atoms with van der Waals surface area (Å²) >= 11 is 3.05. The van der Waals surface area contributed by atoms with Crippen molar-refractivity contribution in [3.05, 3.63) is 23.7 Å². The van der Waals surface area contributed by atoms with E-state index in [2.05, 4.69) is 27.8 Å². The highest BCUT2D eigenvalue weighted by Crippen LogP contribution is 2.59. The highest BCUT2D eigenvalue weighted by Gasteiger charge is 2.63. The van der Waals surface area contributed by atoms with Gasteiger partial charge in [0, 0.05) is 17.9 Å². The van der Waals surface area contributed by atoms with Crippen LogP contribution in [0.4, 0.5) is 0 Å². The zero-order valence-electron chi connectivity index (χ0n) is 19.3. The van der Waals surface area contributed by atoms with Crippen LogP contribution in [0.2, 0.25) is 0 Å². The first kappa shape index (κ1) is 24.5. The van der Waals surface area contributed by atoms with Crippen molar-refractivity contribution in [2.24, 2.45) is 29.1 Å². The van der Waals surface area contributed by atoms with Crippen molar-refractivity contribution in [1.82, 2.24) is 0 Å². The zero-order chi connectivity index (χ0) is 24.6. The summed E-state index contributed by atoms with van der Waals surface area (Å²) < 4.78 is 21.8. The summed E-state index contributed by atoms with van der Waals surface area (Å²) in [6.07, 6.45) is 1.24. The van der Waals surface area contributed by atoms with Gasteiger partial charge in [0.1, 0.15) is 11.4 Å². The van der Waals surface area contributed by atoms with Crippen LogP contribution >= 0.6 is 15.9 Å². The van der Waals surface area contributed by atoms with Crippen molar-refractivity contribution >= 4 is 39.6 Å². The minimum Gasteiger partial charge on any atom is -0.469 e. The second kappa shape index (κ2) is 9.57. The number of Topliss-reactive ketones (excluding diaryl/α,β-unsaturated/α-hetero) is 1. The predicted molar refractivity (Wildman–Crippen MR) is 121 cm³/mol. The standard InChI is InChI=1S/C25H27BrO8/c1-4-5-17-14(7-9-32-17)18-10-15-13(23(29)34-18)6-8-25(2)16(24(30)31-3)11-19(22(28)21(15)25)33-20(27)12-26/h7,9,13,15-16,18-19,21H,6,8,10-12H2,1-3H3/t13-,15+,16+,18+,19+,21+,25+/m1/s1. The minimum absolute atomic E-state index is 0.0657. The number of halogens is 1. The van der Waals surface area contributed by atoms with Gasteiger partial charge in [-0.25, -0.2) is 0 Å². The molecule has 182 valence electrons. The maximum absolute atomic E-state index is 13.8. The molecule has 0 bridgehead atoms. The third-order valence-electron chi connectivity index (χ3n) is 7.72. The van der Waals surface area contributed by atoms with E-state index in [9.17, 15) is 19.2 Å². The number of hydrogen-bond acceptors (Lipinski definition) is 8. The maximum atomic E-state index is 13.8. The van der Waals surface area contributed by atoms with E-state index in [0.717, 1.165) is 0 Å². The fourth-order valence-electron chi connectivity index (χ4n) is 6.18. The molecule has 3 fully saturated rings. The fourth-order valence-corrected chi connectivity index (χ4v) is 6.31. The van der Waals surface area contributed by atoms with Gasteiger partial charge in [-0.1, -0.05) is 28.8 Å². The molecule has 0 spiro atoms. The molecule has 3 aliphatic rings. The molecule has 1 saturated heterocycles. The lowest BCUT2D eigenvalue weighted by Crippen LogP contribution is -2.61. The number of alkyl halides is 1. The second-order valence-electron chi connectivity index (χ2n) is 9.36. The quantitative estimate of drug-likeness (QED) is 0.250. The first-order valence-corrected chi connectivity index (χ1v) is 12.4. The van der Waals surface area contributed by atoms with Crippen LogP contribution in [0.1, 0.15) is 57.0 Å². The molecule has 0 radical (unpaired) electrons. The Bertz CT molecular complexity index is 1060. The Hall–Kier alpha value is -2.60. The molecule has 1 aromatic heterocycles. The number of ether oxygens (including phenoxy) is 3. The van der Waals surface area contributed by atoms with E-state index in [1.807, 2.05) is 6.92 Å². The largest absolute Gasteiger partial charge is 0.469 e. The van der Waals surface area contributed by atoms with Crippen LogP contribution in [-0.4, -0.2) is 42.2 Å². The number of esters is 3. The normalized spacial score (nSPS) is 34.6. The van der Waals surface area contributed by atoms with Gasteiger partial charge in [-0.15, -0.1) is 0 Å². The van der Waals surface area contributed by atoms with Crippen LogP contribution in [0, 0.1) is 40.9 Å². The average molecular weight is 535 g/mol. The van der Waals surface area contributed by atoms with Gasteiger partial charge in [0.05, 0.1) is 25.2 Å². The summed E-state index contributed by atoms with van der Waals surface area (Å²) in [7, 11) is 1.31. The summed E-state index contributed by atoms with van der Waals surface area (Å²) in [5.74, 6) is 2.28. The third kappa shape index (κ3) is 4.06. The molecule has 34 heavy (non-hydrogen) atoms. The van der Waals surface area contributed by atoms with Crippen molar-refractivity contribution in [3.63, 3.8) is 0 Å². The molecular formula is C25H27BrO8. The summed E-state index contributed by atoms with van der Waals surface area (Å²) in [6.45, 7) is 3.60. The highest BCUT2D eigenvalue weighted by molar-refractivity contribution is 9.09. The summed E-state index contributed by atoms with van der Waals surface area (Å²) in [5, 5.41) is -0.0657. The Labute approximate surface area is 206 Å². The Kier molecular flexibility index (Phi) is 6.90. The topological polar surface area (TPSA) is 109 Å². The van der Waals surface area contributed by atoms with Crippen molar-refractivity contribution in [1.29, 1.82) is 0 Å². The number of ketones is 1. The van der Waals surface area contributed by atoms with Crippen LogP contribution in [0.5, 0.6) is 0 Å². The molecule has 2 aliphatic carbocycles. The fraction of sp³-hybridized carbons (Fsp3) is 0.600. The van der Waals surface area contributed by atoms with Crippen LogP contribution in [0.25, 0.3) is 0 Å². The molecule has 1 aromatic rings. The monoisotopic (exact) mass is 534 g/mol. The third-order valence-corrected chi connectivity index (χ3v) is 8.17. The van der Waals surface area contributed by atoms with Crippen molar-refractivity contribution in [3.8, 4) is 11.8 Å². The van der Waals surface area contributed by atoms with E-state index in [1.54, 1.807) is 13.0 Å². The number of carbonyl (C=O) groups excluding carboxylic acids is 4. The number of hydrogen-bond donors (Lipinski definition) is 0. The van der Waals surface area contributed by atoms with Gasteiger partial charge in [0.2, 0.25) is 0 Å².